The van der Waals surface area contributed by atoms with E-state index < -0.39 is 0 Å². The topological polar surface area (TPSA) is 8.81 Å². The summed E-state index contributed by atoms with van der Waals surface area (Å²) in [5.74, 6) is 0. The summed E-state index contributed by atoms with van der Waals surface area (Å²) in [6.45, 7) is 0.879. The smallest absolute Gasteiger partial charge is 1.00 e. The van der Waals surface area contributed by atoms with Crippen LogP contribution in [0.15, 0.2) is 97.1 Å². The van der Waals surface area contributed by atoms with Gasteiger partial charge in [-0.2, -0.15) is 0 Å². The molecule has 0 spiro atoms. The molecule has 4 aromatic carbocycles. The maximum Gasteiger partial charge on any atom is -1.00 e. The molecule has 2 heterocycles. The van der Waals surface area contributed by atoms with E-state index in [9.17, 15) is 0 Å². The van der Waals surface area contributed by atoms with Crippen LogP contribution in [0, 0.1) is 0 Å². The maximum atomic E-state index is 2.44. The van der Waals surface area contributed by atoms with Crippen molar-refractivity contribution in [3.05, 3.63) is 113 Å². The molecule has 0 aliphatic heterocycles. The van der Waals surface area contributed by atoms with E-state index >= 15 is 0 Å². The Labute approximate surface area is 216 Å². The van der Waals surface area contributed by atoms with Crippen LogP contribution in [0.1, 0.15) is 15.7 Å². The summed E-state index contributed by atoms with van der Waals surface area (Å²) in [6.07, 6.45) is 4.56. The van der Waals surface area contributed by atoms with E-state index in [-0.39, 0.29) is 24.0 Å². The molecule has 0 amide bonds. The van der Waals surface area contributed by atoms with Crippen LogP contribution in [-0.4, -0.2) is 19.1 Å². The number of hydrogen-bond donors (Lipinski definition) is 0. The molecular formula is C29H23IN2Se. The van der Waals surface area contributed by atoms with Crippen molar-refractivity contribution < 1.29 is 28.5 Å². The molecular weight excluding hydrogens is 582 g/mol. The minimum Gasteiger partial charge on any atom is -1.00 e. The van der Waals surface area contributed by atoms with Gasteiger partial charge in [0.05, 0.1) is 0 Å². The monoisotopic (exact) mass is 606 g/mol. The van der Waals surface area contributed by atoms with Gasteiger partial charge in [0, 0.05) is 0 Å². The predicted molar refractivity (Wildman–Crippen MR) is 136 cm³/mol. The quantitative estimate of drug-likeness (QED) is 0.166. The van der Waals surface area contributed by atoms with Crippen LogP contribution in [0.3, 0.4) is 0 Å². The molecule has 2 aromatic heterocycles. The molecule has 33 heavy (non-hydrogen) atoms. The summed E-state index contributed by atoms with van der Waals surface area (Å²) in [7, 11) is 2.17. The van der Waals surface area contributed by atoms with Crippen molar-refractivity contribution in [3.8, 4) is 0 Å². The van der Waals surface area contributed by atoms with Crippen LogP contribution in [0.25, 0.3) is 43.7 Å². The summed E-state index contributed by atoms with van der Waals surface area (Å²) >= 11 is 0.359. The average Bonchev–Trinajstić information content (AvgIpc) is 3.33. The van der Waals surface area contributed by atoms with Gasteiger partial charge >= 0.3 is 188 Å². The third-order valence-corrected chi connectivity index (χ3v) is 8.65. The van der Waals surface area contributed by atoms with Crippen molar-refractivity contribution in [2.75, 3.05) is 0 Å². The Morgan fingerprint density at radius 3 is 2.33 bits per heavy atom. The number of benzene rings is 4. The van der Waals surface area contributed by atoms with Crippen molar-refractivity contribution in [2.45, 2.75) is 6.54 Å². The number of hydrogen-bond acceptors (Lipinski definition) is 0. The second-order valence-corrected chi connectivity index (χ2v) is 10.4. The van der Waals surface area contributed by atoms with Crippen LogP contribution < -0.4 is 28.5 Å². The standard InChI is InChI=1S/C29H23N2Se.HI/c1-30-27-13-7-8-14-28(27)32-29(30)18-16-21-15-17-26-24(19-21)23-11-5-6-12-25(23)31(26)20-22-9-3-2-4-10-22;/h2-19H,20H2,1H3;1H/q+1;/p-1. The minimum atomic E-state index is 0. The van der Waals surface area contributed by atoms with Crippen LogP contribution in [0.2, 0.25) is 0 Å². The molecule has 162 valence electrons. The van der Waals surface area contributed by atoms with Gasteiger partial charge in [-0.3, -0.25) is 0 Å². The van der Waals surface area contributed by atoms with E-state index in [0.29, 0.717) is 14.5 Å². The fraction of sp³-hybridized carbons (Fsp3) is 0.0690. The molecule has 0 saturated carbocycles. The third kappa shape index (κ3) is 4.08. The van der Waals surface area contributed by atoms with Crippen LogP contribution in [0.5, 0.6) is 0 Å². The fourth-order valence-electron chi connectivity index (χ4n) is 4.55. The predicted octanol–water partition coefficient (Wildman–Crippen LogP) is 3.05. The second kappa shape index (κ2) is 9.30. The molecule has 0 saturated heterocycles. The number of nitrogens with zero attached hydrogens (tertiary/aromatic N) is 2. The Hall–Kier alpha value is -2.66. The van der Waals surface area contributed by atoms with E-state index in [4.69, 9.17) is 0 Å². The molecule has 0 bridgehead atoms. The van der Waals surface area contributed by atoms with Gasteiger partial charge in [0.1, 0.15) is 0 Å². The number of fused-ring (bicyclic) bond motifs is 4. The first-order chi connectivity index (χ1) is 15.8. The Morgan fingerprint density at radius 1 is 0.758 bits per heavy atom. The van der Waals surface area contributed by atoms with Crippen molar-refractivity contribution in [1.29, 1.82) is 0 Å². The molecule has 6 rings (SSSR count). The summed E-state index contributed by atoms with van der Waals surface area (Å²) in [4.78, 5) is 0. The normalized spacial score (nSPS) is 11.5. The molecule has 0 unspecified atom stereocenters. The minimum absolute atomic E-state index is 0. The Balaban J connectivity index is 0.00000228. The average molecular weight is 605 g/mol. The Kier molecular flexibility index (Phi) is 6.24. The van der Waals surface area contributed by atoms with Crippen LogP contribution in [-0.2, 0) is 13.6 Å². The van der Waals surface area contributed by atoms with Crippen LogP contribution >= 0.6 is 0 Å². The summed E-state index contributed by atoms with van der Waals surface area (Å²) < 4.78 is 7.62. The molecule has 4 heteroatoms. The summed E-state index contributed by atoms with van der Waals surface area (Å²) in [5.41, 5.74) is 6.48. The van der Waals surface area contributed by atoms with E-state index in [1.807, 2.05) is 0 Å². The zero-order valence-corrected chi connectivity index (χ0v) is 22.2. The van der Waals surface area contributed by atoms with Crippen molar-refractivity contribution in [1.82, 2.24) is 4.57 Å². The van der Waals surface area contributed by atoms with E-state index in [1.165, 1.54) is 47.3 Å². The first kappa shape index (κ1) is 22.1. The van der Waals surface area contributed by atoms with Gasteiger partial charge < -0.3 is 24.0 Å². The zero-order valence-electron chi connectivity index (χ0n) is 18.3. The molecule has 0 radical (unpaired) electrons. The molecule has 0 aliphatic carbocycles. The first-order valence-electron chi connectivity index (χ1n) is 10.9. The van der Waals surface area contributed by atoms with Gasteiger partial charge in [-0.25, -0.2) is 0 Å². The molecule has 0 atom stereocenters. The van der Waals surface area contributed by atoms with Gasteiger partial charge in [-0.05, 0) is 0 Å². The Morgan fingerprint density at radius 2 is 1.48 bits per heavy atom. The van der Waals surface area contributed by atoms with E-state index in [1.54, 1.807) is 0 Å². The van der Waals surface area contributed by atoms with Gasteiger partial charge in [0.25, 0.3) is 0 Å². The Bertz CT molecular complexity index is 1610. The number of para-hydroxylation sites is 2. The van der Waals surface area contributed by atoms with Gasteiger partial charge in [0.2, 0.25) is 0 Å². The van der Waals surface area contributed by atoms with Crippen molar-refractivity contribution >= 4 is 58.2 Å². The summed E-state index contributed by atoms with van der Waals surface area (Å²) in [6, 6.07) is 35.0. The largest absolute Gasteiger partial charge is 1.00 e. The van der Waals surface area contributed by atoms with Gasteiger partial charge in [0.15, 0.2) is 0 Å². The van der Waals surface area contributed by atoms with Gasteiger partial charge in [-0.1, -0.05) is 6.07 Å². The molecule has 0 fully saturated rings. The number of halogens is 1. The SMILES string of the molecule is C[n+]1c(/C=C/c2ccc3c(c2)c2ccccc2n3Cc2ccccc2)[se]c2ccccc21.[I-]. The second-order valence-electron chi connectivity index (χ2n) is 8.17. The van der Waals surface area contributed by atoms with E-state index in [2.05, 4.69) is 125 Å². The third-order valence-electron chi connectivity index (χ3n) is 6.17. The number of aryl methyl sites for hydroxylation is 1. The van der Waals surface area contributed by atoms with Crippen LogP contribution in [0.4, 0.5) is 0 Å². The molecule has 0 aliphatic rings. The molecule has 6 aromatic rings. The number of rotatable bonds is 4. The zero-order chi connectivity index (χ0) is 21.5. The molecule has 2 nitrogen and oxygen atoms in total. The van der Waals surface area contributed by atoms with E-state index in [0.717, 1.165) is 6.54 Å². The maximum absolute atomic E-state index is 2.44. The first-order valence-corrected chi connectivity index (χ1v) is 12.6. The fourth-order valence-corrected chi connectivity index (χ4v) is 6.75. The van der Waals surface area contributed by atoms with Gasteiger partial charge in [-0.15, -0.1) is 0 Å². The summed E-state index contributed by atoms with van der Waals surface area (Å²) in [5, 5.41) is 2.63. The van der Waals surface area contributed by atoms with Crippen molar-refractivity contribution in [3.63, 3.8) is 0 Å². The molecule has 0 N–H and O–H groups in total. The number of aromatic nitrogens is 2. The van der Waals surface area contributed by atoms with Crippen molar-refractivity contribution in [2.24, 2.45) is 7.05 Å².